The topological polar surface area (TPSA) is 86.8 Å². The third-order valence-electron chi connectivity index (χ3n) is 5.92. The molecule has 2 aliphatic heterocycles. The third-order valence-corrected chi connectivity index (χ3v) is 7.82. The van der Waals surface area contributed by atoms with Gasteiger partial charge in [-0.3, -0.25) is 9.59 Å². The zero-order chi connectivity index (χ0) is 22.2. The first-order valence-electron chi connectivity index (χ1n) is 10.6. The number of anilines is 2. The molecule has 2 aromatic carbocycles. The molecule has 1 saturated heterocycles. The molecule has 0 aromatic heterocycles. The first-order chi connectivity index (χ1) is 14.8. The fraction of sp³-hybridized carbons (Fsp3) is 0.391. The van der Waals surface area contributed by atoms with E-state index in [2.05, 4.69) is 5.32 Å². The van der Waals surface area contributed by atoms with Gasteiger partial charge in [0, 0.05) is 30.9 Å². The number of nitrogens with zero attached hydrogens (tertiary/aromatic N) is 2. The number of hydrogen-bond acceptors (Lipinski definition) is 4. The van der Waals surface area contributed by atoms with Crippen LogP contribution in [0.3, 0.4) is 0 Å². The second-order valence-electron chi connectivity index (χ2n) is 8.25. The maximum Gasteiger partial charge on any atom is 0.244 e. The Morgan fingerprint density at radius 1 is 1.03 bits per heavy atom. The Labute approximate surface area is 183 Å². The molecule has 8 heteroatoms. The Morgan fingerprint density at radius 2 is 1.77 bits per heavy atom. The standard InChI is InChI=1S/C23H27N3O4S/c1-16-5-6-17(2)20(13-16)24-22(27)15-26-21-9-8-19(14-18(21)7-10-23(26)28)31(29,30)25-11-3-4-12-25/h5-6,8-9,13-14H,3-4,7,10-12,15H2,1-2H3,(H,24,27). The van der Waals surface area contributed by atoms with Crippen LogP contribution in [0.1, 0.15) is 36.0 Å². The van der Waals surface area contributed by atoms with Crippen LogP contribution >= 0.6 is 0 Å². The lowest BCUT2D eigenvalue weighted by Crippen LogP contribution is -2.41. The van der Waals surface area contributed by atoms with Crippen molar-refractivity contribution in [2.75, 3.05) is 29.9 Å². The maximum absolute atomic E-state index is 12.9. The Morgan fingerprint density at radius 3 is 2.52 bits per heavy atom. The second-order valence-corrected chi connectivity index (χ2v) is 10.2. The molecule has 164 valence electrons. The number of hydrogen-bond donors (Lipinski definition) is 1. The van der Waals surface area contributed by atoms with Crippen LogP contribution in [0.2, 0.25) is 0 Å². The zero-order valence-electron chi connectivity index (χ0n) is 17.8. The molecule has 0 bridgehead atoms. The molecule has 31 heavy (non-hydrogen) atoms. The lowest BCUT2D eigenvalue weighted by atomic mass is 10.0. The molecule has 0 aliphatic carbocycles. The van der Waals surface area contributed by atoms with E-state index in [1.54, 1.807) is 18.2 Å². The number of nitrogens with one attached hydrogen (secondary N) is 1. The highest BCUT2D eigenvalue weighted by molar-refractivity contribution is 7.89. The summed E-state index contributed by atoms with van der Waals surface area (Å²) in [5, 5.41) is 2.89. The van der Waals surface area contributed by atoms with Crippen molar-refractivity contribution < 1.29 is 18.0 Å². The number of rotatable bonds is 5. The van der Waals surface area contributed by atoms with Crippen LogP contribution in [-0.2, 0) is 26.0 Å². The highest BCUT2D eigenvalue weighted by atomic mass is 32.2. The highest BCUT2D eigenvalue weighted by Crippen LogP contribution is 2.31. The predicted octanol–water partition coefficient (Wildman–Crippen LogP) is 3.01. The quantitative estimate of drug-likeness (QED) is 0.773. The molecule has 2 amide bonds. The Kier molecular flexibility index (Phi) is 5.85. The second kappa shape index (κ2) is 8.43. The van der Waals surface area contributed by atoms with Gasteiger partial charge < -0.3 is 10.2 Å². The molecule has 2 aromatic rings. The van der Waals surface area contributed by atoms with Crippen LogP contribution < -0.4 is 10.2 Å². The molecule has 0 spiro atoms. The van der Waals surface area contributed by atoms with Crippen molar-refractivity contribution in [1.29, 1.82) is 0 Å². The summed E-state index contributed by atoms with van der Waals surface area (Å²) in [4.78, 5) is 27.0. The van der Waals surface area contributed by atoms with E-state index in [4.69, 9.17) is 0 Å². The average Bonchev–Trinajstić information content (AvgIpc) is 3.28. The van der Waals surface area contributed by atoms with Crippen molar-refractivity contribution in [1.82, 2.24) is 4.31 Å². The van der Waals surface area contributed by atoms with Crippen molar-refractivity contribution >= 4 is 33.2 Å². The Balaban J connectivity index is 1.56. The molecule has 7 nitrogen and oxygen atoms in total. The summed E-state index contributed by atoms with van der Waals surface area (Å²) in [6.45, 7) is 4.84. The van der Waals surface area contributed by atoms with Crippen molar-refractivity contribution in [3.05, 3.63) is 53.1 Å². The zero-order valence-corrected chi connectivity index (χ0v) is 18.7. The van der Waals surface area contributed by atoms with E-state index >= 15 is 0 Å². The normalized spacial score (nSPS) is 17.0. The number of fused-ring (bicyclic) bond motifs is 1. The summed E-state index contributed by atoms with van der Waals surface area (Å²) in [5.41, 5.74) is 4.09. The van der Waals surface area contributed by atoms with Gasteiger partial charge in [-0.1, -0.05) is 12.1 Å². The van der Waals surface area contributed by atoms with Gasteiger partial charge >= 0.3 is 0 Å². The minimum absolute atomic E-state index is 0.114. The molecular formula is C23H27N3O4S. The molecule has 4 rings (SSSR count). The fourth-order valence-electron chi connectivity index (χ4n) is 4.15. The van der Waals surface area contributed by atoms with Gasteiger partial charge in [-0.25, -0.2) is 8.42 Å². The van der Waals surface area contributed by atoms with Gasteiger partial charge in [-0.05, 0) is 74.1 Å². The number of sulfonamides is 1. The largest absolute Gasteiger partial charge is 0.324 e. The minimum Gasteiger partial charge on any atom is -0.324 e. The smallest absolute Gasteiger partial charge is 0.244 e. The lowest BCUT2D eigenvalue weighted by Gasteiger charge is -2.29. The molecule has 2 heterocycles. The number of benzene rings is 2. The van der Waals surface area contributed by atoms with Gasteiger partial charge in [-0.15, -0.1) is 0 Å². The molecule has 1 N–H and O–H groups in total. The minimum atomic E-state index is -3.53. The fourth-order valence-corrected chi connectivity index (χ4v) is 5.72. The van der Waals surface area contributed by atoms with Crippen LogP contribution in [0.25, 0.3) is 0 Å². The Bertz CT molecular complexity index is 1140. The van der Waals surface area contributed by atoms with Crippen LogP contribution in [0.5, 0.6) is 0 Å². The SMILES string of the molecule is Cc1ccc(C)c(NC(=O)CN2C(=O)CCc3cc(S(=O)(=O)N4CCCC4)ccc32)c1. The van der Waals surface area contributed by atoms with Crippen molar-refractivity contribution in [3.8, 4) is 0 Å². The van der Waals surface area contributed by atoms with Gasteiger partial charge in [0.15, 0.2) is 0 Å². The Hall–Kier alpha value is -2.71. The van der Waals surface area contributed by atoms with Gasteiger partial charge in [0.1, 0.15) is 6.54 Å². The average molecular weight is 442 g/mol. The maximum atomic E-state index is 12.9. The first-order valence-corrected chi connectivity index (χ1v) is 12.0. The molecule has 1 fully saturated rings. The third kappa shape index (κ3) is 4.36. The lowest BCUT2D eigenvalue weighted by molar-refractivity contribution is -0.121. The summed E-state index contributed by atoms with van der Waals surface area (Å²) in [7, 11) is -3.53. The van der Waals surface area contributed by atoms with Gasteiger partial charge in [0.05, 0.1) is 4.90 Å². The number of amides is 2. The summed E-state index contributed by atoms with van der Waals surface area (Å²) in [6.07, 6.45) is 2.47. The van der Waals surface area contributed by atoms with Gasteiger partial charge in [0.25, 0.3) is 0 Å². The van der Waals surface area contributed by atoms with Crippen LogP contribution in [0.4, 0.5) is 11.4 Å². The van der Waals surface area contributed by atoms with Gasteiger partial charge in [0.2, 0.25) is 21.8 Å². The molecule has 0 unspecified atom stereocenters. The number of carbonyl (C=O) groups excluding carboxylic acids is 2. The van der Waals surface area contributed by atoms with E-state index in [-0.39, 0.29) is 29.7 Å². The molecule has 2 aliphatic rings. The number of carbonyl (C=O) groups is 2. The molecular weight excluding hydrogens is 414 g/mol. The number of aryl methyl sites for hydroxylation is 3. The molecule has 0 atom stereocenters. The molecule has 0 radical (unpaired) electrons. The van der Waals surface area contributed by atoms with Crippen molar-refractivity contribution in [2.24, 2.45) is 0 Å². The van der Waals surface area contributed by atoms with Crippen molar-refractivity contribution in [3.63, 3.8) is 0 Å². The molecule has 0 saturated carbocycles. The van der Waals surface area contributed by atoms with Crippen LogP contribution in [-0.4, -0.2) is 44.2 Å². The van der Waals surface area contributed by atoms with Gasteiger partial charge in [-0.2, -0.15) is 4.31 Å². The van der Waals surface area contributed by atoms with Crippen LogP contribution in [0.15, 0.2) is 41.3 Å². The van der Waals surface area contributed by atoms with E-state index in [0.29, 0.717) is 25.2 Å². The summed E-state index contributed by atoms with van der Waals surface area (Å²) < 4.78 is 27.3. The van der Waals surface area contributed by atoms with E-state index in [1.165, 1.54) is 9.21 Å². The van der Waals surface area contributed by atoms with Crippen LogP contribution in [0, 0.1) is 13.8 Å². The summed E-state index contributed by atoms with van der Waals surface area (Å²) in [5.74, 6) is -0.428. The van der Waals surface area contributed by atoms with E-state index in [9.17, 15) is 18.0 Å². The predicted molar refractivity (Wildman–Crippen MR) is 120 cm³/mol. The summed E-state index contributed by atoms with van der Waals surface area (Å²) >= 11 is 0. The van der Waals surface area contributed by atoms with Crippen molar-refractivity contribution in [2.45, 2.75) is 44.4 Å². The van der Waals surface area contributed by atoms with E-state index < -0.39 is 10.0 Å². The van der Waals surface area contributed by atoms with E-state index in [0.717, 1.165) is 35.2 Å². The highest BCUT2D eigenvalue weighted by Gasteiger charge is 2.31. The van der Waals surface area contributed by atoms with E-state index in [1.807, 2.05) is 32.0 Å². The summed E-state index contributed by atoms with van der Waals surface area (Å²) in [6, 6.07) is 10.7. The first kappa shape index (κ1) is 21.5. The monoisotopic (exact) mass is 441 g/mol.